The second-order valence-corrected chi connectivity index (χ2v) is 3.09. The predicted molar refractivity (Wildman–Crippen MR) is 57.4 cm³/mol. The summed E-state index contributed by atoms with van der Waals surface area (Å²) in [6, 6.07) is 9.30. The molecule has 0 fully saturated rings. The number of benzene rings is 1. The van der Waals surface area contributed by atoms with Crippen LogP contribution in [-0.2, 0) is 0 Å². The molecule has 0 heterocycles. The largest absolute Gasteiger partial charge is 0.376 e. The minimum atomic E-state index is -0.708. The van der Waals surface area contributed by atoms with Crippen LogP contribution in [-0.4, -0.2) is 16.4 Å². The van der Waals surface area contributed by atoms with Gasteiger partial charge in [-0.3, -0.25) is 4.90 Å². The first-order chi connectivity index (χ1) is 6.13. The van der Waals surface area contributed by atoms with E-state index in [1.807, 2.05) is 30.3 Å². The Morgan fingerprint density at radius 3 is 2.38 bits per heavy atom. The number of para-hydroxylation sites is 1. The van der Waals surface area contributed by atoms with Crippen molar-refractivity contribution >= 4 is 23.0 Å². The molecule has 3 nitrogen and oxygen atoms in total. The van der Waals surface area contributed by atoms with E-state index in [9.17, 15) is 5.11 Å². The van der Waals surface area contributed by atoms with Gasteiger partial charge >= 0.3 is 0 Å². The van der Waals surface area contributed by atoms with Crippen molar-refractivity contribution in [2.45, 2.75) is 13.2 Å². The lowest BCUT2D eigenvalue weighted by molar-refractivity contribution is 0.205. The average molecular weight is 196 g/mol. The molecular formula is C9H12N2OS. The zero-order valence-electron chi connectivity index (χ0n) is 7.34. The van der Waals surface area contributed by atoms with Crippen LogP contribution in [0.1, 0.15) is 6.92 Å². The third-order valence-electron chi connectivity index (χ3n) is 1.65. The summed E-state index contributed by atoms with van der Waals surface area (Å²) in [7, 11) is 0. The highest BCUT2D eigenvalue weighted by molar-refractivity contribution is 7.80. The fraction of sp³-hybridized carbons (Fsp3) is 0.222. The summed E-state index contributed by atoms with van der Waals surface area (Å²) in [6.45, 7) is 1.62. The molecule has 0 radical (unpaired) electrons. The van der Waals surface area contributed by atoms with Crippen LogP contribution in [0.15, 0.2) is 30.3 Å². The Morgan fingerprint density at radius 2 is 2.00 bits per heavy atom. The van der Waals surface area contributed by atoms with Gasteiger partial charge in [-0.2, -0.15) is 0 Å². The fourth-order valence-electron chi connectivity index (χ4n) is 1.12. The van der Waals surface area contributed by atoms with Crippen molar-refractivity contribution < 1.29 is 5.11 Å². The molecule has 0 saturated heterocycles. The zero-order chi connectivity index (χ0) is 9.84. The van der Waals surface area contributed by atoms with E-state index >= 15 is 0 Å². The van der Waals surface area contributed by atoms with Crippen LogP contribution >= 0.6 is 12.2 Å². The molecule has 0 spiro atoms. The highest BCUT2D eigenvalue weighted by atomic mass is 32.1. The van der Waals surface area contributed by atoms with E-state index in [1.165, 1.54) is 4.90 Å². The Hall–Kier alpha value is -1.13. The lowest BCUT2D eigenvalue weighted by atomic mass is 10.3. The van der Waals surface area contributed by atoms with E-state index < -0.39 is 6.23 Å². The summed E-state index contributed by atoms with van der Waals surface area (Å²) in [4.78, 5) is 1.48. The molecule has 0 saturated carbocycles. The Bertz CT molecular complexity index is 287. The molecule has 70 valence electrons. The minimum Gasteiger partial charge on any atom is -0.376 e. The normalized spacial score (nSPS) is 12.2. The molecule has 0 bridgehead atoms. The van der Waals surface area contributed by atoms with E-state index in [-0.39, 0.29) is 5.11 Å². The SMILES string of the molecule is CC(O)N(C(N)=S)c1ccccc1. The van der Waals surface area contributed by atoms with Crippen molar-refractivity contribution in [1.82, 2.24) is 0 Å². The number of hydrogen-bond acceptors (Lipinski definition) is 2. The Kier molecular flexibility index (Phi) is 3.22. The van der Waals surface area contributed by atoms with Gasteiger partial charge in [0.05, 0.1) is 0 Å². The smallest absolute Gasteiger partial charge is 0.172 e. The van der Waals surface area contributed by atoms with Crippen molar-refractivity contribution in [2.24, 2.45) is 5.73 Å². The van der Waals surface area contributed by atoms with Crippen molar-refractivity contribution in [3.05, 3.63) is 30.3 Å². The minimum absolute atomic E-state index is 0.168. The van der Waals surface area contributed by atoms with Gasteiger partial charge in [-0.05, 0) is 31.3 Å². The van der Waals surface area contributed by atoms with E-state index in [4.69, 9.17) is 18.0 Å². The number of aliphatic hydroxyl groups is 1. The molecule has 1 atom stereocenters. The van der Waals surface area contributed by atoms with Crippen LogP contribution in [0.3, 0.4) is 0 Å². The van der Waals surface area contributed by atoms with Gasteiger partial charge in [-0.15, -0.1) is 0 Å². The summed E-state index contributed by atoms with van der Waals surface area (Å²) in [5, 5.41) is 9.56. The van der Waals surface area contributed by atoms with Gasteiger partial charge in [0, 0.05) is 5.69 Å². The topological polar surface area (TPSA) is 49.5 Å². The second-order valence-electron chi connectivity index (χ2n) is 2.68. The molecule has 4 heteroatoms. The third-order valence-corrected chi connectivity index (χ3v) is 1.84. The maximum atomic E-state index is 9.39. The summed E-state index contributed by atoms with van der Waals surface area (Å²) < 4.78 is 0. The first kappa shape index (κ1) is 9.95. The highest BCUT2D eigenvalue weighted by Crippen LogP contribution is 2.14. The molecule has 1 aromatic carbocycles. The average Bonchev–Trinajstić information content (AvgIpc) is 2.04. The quantitative estimate of drug-likeness (QED) is 0.549. The molecule has 1 rings (SSSR count). The Morgan fingerprint density at radius 1 is 1.46 bits per heavy atom. The predicted octanol–water partition coefficient (Wildman–Crippen LogP) is 1.07. The van der Waals surface area contributed by atoms with Crippen LogP contribution in [0, 0.1) is 0 Å². The molecule has 0 aliphatic carbocycles. The van der Waals surface area contributed by atoms with E-state index in [0.717, 1.165) is 5.69 Å². The molecule has 0 amide bonds. The number of nitrogens with two attached hydrogens (primary N) is 1. The van der Waals surface area contributed by atoms with Gasteiger partial charge < -0.3 is 10.8 Å². The molecule has 0 aliphatic heterocycles. The van der Waals surface area contributed by atoms with Crippen LogP contribution < -0.4 is 10.6 Å². The van der Waals surface area contributed by atoms with Crippen LogP contribution in [0.25, 0.3) is 0 Å². The van der Waals surface area contributed by atoms with E-state index in [2.05, 4.69) is 0 Å². The van der Waals surface area contributed by atoms with Crippen LogP contribution in [0.5, 0.6) is 0 Å². The van der Waals surface area contributed by atoms with Gasteiger partial charge in [0.1, 0.15) is 6.23 Å². The summed E-state index contributed by atoms with van der Waals surface area (Å²) in [5.74, 6) is 0. The standard InChI is InChI=1S/C9H12N2OS/c1-7(12)11(9(10)13)8-5-3-2-4-6-8/h2-7,12H,1H3,(H2,10,13). The summed E-state index contributed by atoms with van der Waals surface area (Å²) in [5.41, 5.74) is 6.26. The maximum Gasteiger partial charge on any atom is 0.172 e. The molecule has 13 heavy (non-hydrogen) atoms. The molecule has 0 aliphatic rings. The van der Waals surface area contributed by atoms with E-state index in [0.29, 0.717) is 0 Å². The third kappa shape index (κ3) is 2.40. The van der Waals surface area contributed by atoms with Crippen molar-refractivity contribution in [2.75, 3.05) is 4.90 Å². The molecule has 1 unspecified atom stereocenters. The molecule has 0 aromatic heterocycles. The van der Waals surface area contributed by atoms with Crippen LogP contribution in [0.4, 0.5) is 5.69 Å². The zero-order valence-corrected chi connectivity index (χ0v) is 8.16. The lowest BCUT2D eigenvalue weighted by Crippen LogP contribution is -2.42. The number of hydrogen-bond donors (Lipinski definition) is 2. The molecule has 1 aromatic rings. The van der Waals surface area contributed by atoms with Crippen molar-refractivity contribution in [3.63, 3.8) is 0 Å². The number of nitrogens with zero attached hydrogens (tertiary/aromatic N) is 1. The van der Waals surface area contributed by atoms with Gasteiger partial charge in [0.2, 0.25) is 0 Å². The first-order valence-corrected chi connectivity index (χ1v) is 4.35. The lowest BCUT2D eigenvalue weighted by Gasteiger charge is -2.25. The van der Waals surface area contributed by atoms with Crippen molar-refractivity contribution in [1.29, 1.82) is 0 Å². The summed E-state index contributed by atoms with van der Waals surface area (Å²) >= 11 is 4.82. The fourth-order valence-corrected chi connectivity index (χ4v) is 1.37. The first-order valence-electron chi connectivity index (χ1n) is 3.94. The molecule has 3 N–H and O–H groups in total. The maximum absolute atomic E-state index is 9.39. The van der Waals surface area contributed by atoms with Gasteiger partial charge in [-0.25, -0.2) is 0 Å². The monoisotopic (exact) mass is 196 g/mol. The second kappa shape index (κ2) is 4.20. The van der Waals surface area contributed by atoms with Gasteiger partial charge in [0.25, 0.3) is 0 Å². The van der Waals surface area contributed by atoms with E-state index in [1.54, 1.807) is 6.92 Å². The summed E-state index contributed by atoms with van der Waals surface area (Å²) in [6.07, 6.45) is -0.708. The van der Waals surface area contributed by atoms with Crippen LogP contribution in [0.2, 0.25) is 0 Å². The van der Waals surface area contributed by atoms with Crippen molar-refractivity contribution in [3.8, 4) is 0 Å². The number of aliphatic hydroxyl groups excluding tert-OH is 1. The Labute approximate surface area is 82.8 Å². The number of thiocarbonyl (C=S) groups is 1. The highest BCUT2D eigenvalue weighted by Gasteiger charge is 2.13. The Balaban J connectivity index is 2.96. The number of rotatable bonds is 2. The molecular weight excluding hydrogens is 184 g/mol. The number of anilines is 1. The van der Waals surface area contributed by atoms with Gasteiger partial charge in [0.15, 0.2) is 5.11 Å². The van der Waals surface area contributed by atoms with Gasteiger partial charge in [-0.1, -0.05) is 18.2 Å².